The van der Waals surface area contributed by atoms with Gasteiger partial charge < -0.3 is 10.5 Å². The third-order valence-electron chi connectivity index (χ3n) is 5.22. The van der Waals surface area contributed by atoms with Crippen molar-refractivity contribution in [3.63, 3.8) is 0 Å². The first-order valence-electron chi connectivity index (χ1n) is 10.5. The molecule has 3 amide bonds. The lowest BCUT2D eigenvalue weighted by molar-refractivity contribution is -0.121. The number of carbonyl (C=O) groups excluding carboxylic acids is 3. The van der Waals surface area contributed by atoms with Crippen molar-refractivity contribution in [1.82, 2.24) is 9.55 Å². The van der Waals surface area contributed by atoms with Gasteiger partial charge in [-0.3, -0.25) is 38.5 Å². The zero-order chi connectivity index (χ0) is 24.3. The Bertz CT molecular complexity index is 1170. The van der Waals surface area contributed by atoms with Gasteiger partial charge in [-0.05, 0) is 30.2 Å². The zero-order valence-electron chi connectivity index (χ0n) is 18.8. The second-order valence-electron chi connectivity index (χ2n) is 8.12. The van der Waals surface area contributed by atoms with Crippen LogP contribution in [0.5, 0.6) is 0 Å². The van der Waals surface area contributed by atoms with E-state index in [1.165, 1.54) is 35.9 Å². The number of nitrogen functional groups attached to an aromatic ring is 1. The molecule has 0 spiro atoms. The molecule has 1 aliphatic heterocycles. The van der Waals surface area contributed by atoms with Gasteiger partial charge in [-0.25, -0.2) is 4.79 Å². The molecule has 1 aromatic heterocycles. The molecule has 3 rings (SSSR count). The summed E-state index contributed by atoms with van der Waals surface area (Å²) in [5.74, 6) is -1.20. The molecule has 2 heterocycles. The first-order chi connectivity index (χ1) is 15.6. The Balaban J connectivity index is 2.01. The molecule has 0 atom stereocenters. The average Bonchev–Trinajstić information content (AvgIpc) is 3.10. The van der Waals surface area contributed by atoms with Crippen molar-refractivity contribution in [3.8, 4) is 0 Å². The van der Waals surface area contributed by atoms with Crippen LogP contribution in [-0.4, -0.2) is 47.5 Å². The monoisotopic (exact) mass is 457 g/mol. The van der Waals surface area contributed by atoms with Crippen molar-refractivity contribution in [2.45, 2.75) is 33.2 Å². The predicted molar refractivity (Wildman–Crippen MR) is 122 cm³/mol. The number of nitrogens with one attached hydrogen (secondary N) is 1. The van der Waals surface area contributed by atoms with Crippen LogP contribution in [0.3, 0.4) is 0 Å². The topological polar surface area (TPSA) is 148 Å². The molecule has 1 saturated heterocycles. The lowest BCUT2D eigenvalue weighted by atomic mass is 10.1. The number of aromatic amines is 1. The summed E-state index contributed by atoms with van der Waals surface area (Å²) >= 11 is 0. The Morgan fingerprint density at radius 2 is 1.73 bits per heavy atom. The summed E-state index contributed by atoms with van der Waals surface area (Å²) in [7, 11) is 1.45. The number of hydrogen-bond donors (Lipinski definition) is 2. The van der Waals surface area contributed by atoms with Crippen molar-refractivity contribution in [1.29, 1.82) is 0 Å². The number of ether oxygens (including phenoxy) is 1. The molecule has 0 unspecified atom stereocenters. The first kappa shape index (κ1) is 23.9. The second-order valence-corrected chi connectivity index (χ2v) is 8.12. The van der Waals surface area contributed by atoms with Crippen molar-refractivity contribution in [2.75, 3.05) is 35.8 Å². The number of nitrogens with two attached hydrogens (primary N) is 1. The second kappa shape index (κ2) is 9.82. The minimum atomic E-state index is -0.785. The van der Waals surface area contributed by atoms with Crippen LogP contribution in [0.15, 0.2) is 33.9 Å². The van der Waals surface area contributed by atoms with E-state index in [0.29, 0.717) is 5.69 Å². The van der Waals surface area contributed by atoms with E-state index in [-0.39, 0.29) is 67.3 Å². The highest BCUT2D eigenvalue weighted by molar-refractivity contribution is 6.20. The molecule has 1 aromatic carbocycles. The van der Waals surface area contributed by atoms with E-state index in [0.717, 1.165) is 9.80 Å². The summed E-state index contributed by atoms with van der Waals surface area (Å²) in [6.07, 6.45) is 0.302. The van der Waals surface area contributed by atoms with E-state index in [1.807, 2.05) is 13.8 Å². The van der Waals surface area contributed by atoms with E-state index in [2.05, 4.69) is 4.98 Å². The highest BCUT2D eigenvalue weighted by atomic mass is 16.5. The Hall–Kier alpha value is -3.73. The number of amides is 3. The van der Waals surface area contributed by atoms with E-state index in [1.54, 1.807) is 0 Å². The van der Waals surface area contributed by atoms with Gasteiger partial charge in [-0.15, -0.1) is 0 Å². The molecule has 1 fully saturated rings. The normalized spacial score (nSPS) is 13.8. The van der Waals surface area contributed by atoms with Crippen LogP contribution < -0.4 is 26.8 Å². The molecule has 2 aromatic rings. The number of benzene rings is 1. The standard InChI is InChI=1S/C22H27N5O6/c1-13(2)12-26-19(23)18(20(30)24-22(26)32)25(10-11-33-3)21(31)14-4-6-15(7-5-14)27-16(28)8-9-17(27)29/h4-7,13H,8-12,23H2,1-3H3,(H,24,30,32). The molecule has 0 bridgehead atoms. The van der Waals surface area contributed by atoms with Crippen LogP contribution in [0, 0.1) is 5.92 Å². The predicted octanol–water partition coefficient (Wildman–Crippen LogP) is 0.721. The van der Waals surface area contributed by atoms with Gasteiger partial charge in [0.1, 0.15) is 5.82 Å². The maximum atomic E-state index is 13.4. The van der Waals surface area contributed by atoms with Crippen LogP contribution in [0.4, 0.5) is 17.2 Å². The Kier molecular flexibility index (Phi) is 7.12. The molecule has 33 heavy (non-hydrogen) atoms. The van der Waals surface area contributed by atoms with Gasteiger partial charge in [-0.1, -0.05) is 13.8 Å². The van der Waals surface area contributed by atoms with Crippen molar-refractivity contribution in [3.05, 3.63) is 50.7 Å². The van der Waals surface area contributed by atoms with Gasteiger partial charge in [0.2, 0.25) is 11.8 Å². The molecule has 11 heteroatoms. The summed E-state index contributed by atoms with van der Waals surface area (Å²) in [6, 6.07) is 5.92. The summed E-state index contributed by atoms with van der Waals surface area (Å²) in [4.78, 5) is 66.7. The lowest BCUT2D eigenvalue weighted by Crippen LogP contribution is -2.42. The van der Waals surface area contributed by atoms with Gasteiger partial charge in [0.05, 0.1) is 12.3 Å². The summed E-state index contributed by atoms with van der Waals surface area (Å²) in [6.45, 7) is 4.16. The van der Waals surface area contributed by atoms with Gasteiger partial charge >= 0.3 is 5.69 Å². The van der Waals surface area contributed by atoms with E-state index in [9.17, 15) is 24.0 Å². The first-order valence-corrected chi connectivity index (χ1v) is 10.5. The molecular formula is C22H27N5O6. The molecular weight excluding hydrogens is 430 g/mol. The number of carbonyl (C=O) groups is 3. The number of methoxy groups -OCH3 is 1. The lowest BCUT2D eigenvalue weighted by Gasteiger charge is -2.25. The van der Waals surface area contributed by atoms with Crippen molar-refractivity contribution < 1.29 is 19.1 Å². The minimum Gasteiger partial charge on any atom is -0.383 e. The number of imide groups is 1. The fraction of sp³-hybridized carbons (Fsp3) is 0.409. The third-order valence-corrected chi connectivity index (χ3v) is 5.22. The van der Waals surface area contributed by atoms with Crippen LogP contribution in [0.1, 0.15) is 37.0 Å². The fourth-order valence-corrected chi connectivity index (χ4v) is 3.66. The number of anilines is 3. The summed E-state index contributed by atoms with van der Waals surface area (Å²) in [5, 5.41) is 0. The largest absolute Gasteiger partial charge is 0.383 e. The quantitative estimate of drug-likeness (QED) is 0.555. The maximum Gasteiger partial charge on any atom is 0.330 e. The maximum absolute atomic E-state index is 13.4. The molecule has 3 N–H and O–H groups in total. The Morgan fingerprint density at radius 3 is 2.27 bits per heavy atom. The number of rotatable bonds is 8. The average molecular weight is 457 g/mol. The van der Waals surface area contributed by atoms with Gasteiger partial charge in [0, 0.05) is 38.6 Å². The van der Waals surface area contributed by atoms with Crippen molar-refractivity contribution in [2.24, 2.45) is 5.92 Å². The zero-order valence-corrected chi connectivity index (χ0v) is 18.8. The minimum absolute atomic E-state index is 0.00729. The van der Waals surface area contributed by atoms with Gasteiger partial charge in [0.15, 0.2) is 5.69 Å². The summed E-state index contributed by atoms with van der Waals surface area (Å²) in [5.41, 5.74) is 5.17. The van der Waals surface area contributed by atoms with Crippen molar-refractivity contribution >= 4 is 34.9 Å². The van der Waals surface area contributed by atoms with Gasteiger partial charge in [-0.2, -0.15) is 0 Å². The SMILES string of the molecule is COCCN(C(=O)c1ccc(N2C(=O)CCC2=O)cc1)c1c(N)n(CC(C)C)c(=O)[nH]c1=O. The van der Waals surface area contributed by atoms with Crippen LogP contribution in [0.2, 0.25) is 0 Å². The van der Waals surface area contributed by atoms with Crippen LogP contribution in [0.25, 0.3) is 0 Å². The molecule has 0 radical (unpaired) electrons. The molecule has 0 aliphatic carbocycles. The fourth-order valence-electron chi connectivity index (χ4n) is 3.66. The Morgan fingerprint density at radius 1 is 1.12 bits per heavy atom. The Labute approximate surface area is 189 Å². The third kappa shape index (κ3) is 4.87. The number of aromatic nitrogens is 2. The highest BCUT2D eigenvalue weighted by Crippen LogP contribution is 2.25. The van der Waals surface area contributed by atoms with E-state index >= 15 is 0 Å². The number of H-pyrrole nitrogens is 1. The molecule has 176 valence electrons. The molecule has 11 nitrogen and oxygen atoms in total. The van der Waals surface area contributed by atoms with Crippen LogP contribution in [-0.2, 0) is 20.9 Å². The van der Waals surface area contributed by atoms with E-state index < -0.39 is 17.2 Å². The van der Waals surface area contributed by atoms with E-state index in [4.69, 9.17) is 10.5 Å². The number of hydrogen-bond acceptors (Lipinski definition) is 7. The smallest absolute Gasteiger partial charge is 0.330 e. The highest BCUT2D eigenvalue weighted by Gasteiger charge is 2.31. The number of nitrogens with zero attached hydrogens (tertiary/aromatic N) is 3. The molecule has 0 saturated carbocycles. The van der Waals surface area contributed by atoms with Gasteiger partial charge in [0.25, 0.3) is 11.5 Å². The van der Waals surface area contributed by atoms with Crippen LogP contribution >= 0.6 is 0 Å². The summed E-state index contributed by atoms with van der Waals surface area (Å²) < 4.78 is 6.32. The molecule has 1 aliphatic rings.